The van der Waals surface area contributed by atoms with Crippen LogP contribution in [0.2, 0.25) is 0 Å². The van der Waals surface area contributed by atoms with Gasteiger partial charge >= 0.3 is 12.1 Å². The molecule has 0 aromatic heterocycles. The van der Waals surface area contributed by atoms with Crippen LogP contribution in [0.3, 0.4) is 0 Å². The average Bonchev–Trinajstić information content (AvgIpc) is 2.88. The van der Waals surface area contributed by atoms with Crippen molar-refractivity contribution in [2.24, 2.45) is 0 Å². The number of alkyl halides is 3. The van der Waals surface area contributed by atoms with E-state index in [2.05, 4.69) is 10.1 Å². The lowest BCUT2D eigenvalue weighted by atomic mass is 9.78. The van der Waals surface area contributed by atoms with E-state index in [-0.39, 0.29) is 24.1 Å². The molecular weight excluding hydrogens is 259 g/mol. The summed E-state index contributed by atoms with van der Waals surface area (Å²) < 4.78 is 44.4. The summed E-state index contributed by atoms with van der Waals surface area (Å²) in [5.41, 5.74) is -1.44. The van der Waals surface area contributed by atoms with Gasteiger partial charge in [0.05, 0.1) is 12.7 Å². The predicted molar refractivity (Wildman–Crippen MR) is 63.0 cm³/mol. The van der Waals surface area contributed by atoms with Crippen LogP contribution in [0.25, 0.3) is 0 Å². The molecule has 1 aromatic carbocycles. The van der Waals surface area contributed by atoms with Crippen LogP contribution in [-0.4, -0.2) is 32.3 Å². The second-order valence-corrected chi connectivity index (χ2v) is 4.58. The van der Waals surface area contributed by atoms with Crippen LogP contribution in [0.15, 0.2) is 24.3 Å². The minimum absolute atomic E-state index is 0.00801. The van der Waals surface area contributed by atoms with Crippen molar-refractivity contribution in [2.45, 2.75) is 18.0 Å². The predicted octanol–water partition coefficient (Wildman–Crippen LogP) is 2.27. The van der Waals surface area contributed by atoms with E-state index in [1.807, 2.05) is 0 Å². The molecule has 1 aromatic rings. The summed E-state index contributed by atoms with van der Waals surface area (Å²) in [7, 11) is 1.23. The molecule has 1 unspecified atom stereocenters. The molecule has 2 rings (SSSR count). The van der Waals surface area contributed by atoms with Gasteiger partial charge in [-0.1, -0.05) is 12.1 Å². The number of rotatable bonds is 2. The van der Waals surface area contributed by atoms with Gasteiger partial charge in [0.2, 0.25) is 0 Å². The molecule has 6 heteroatoms. The molecule has 0 bridgehead atoms. The number of benzene rings is 1. The number of halogens is 3. The molecule has 1 aliphatic heterocycles. The number of carbonyl (C=O) groups excluding carboxylic acids is 1. The van der Waals surface area contributed by atoms with Gasteiger partial charge in [0, 0.05) is 6.54 Å². The van der Waals surface area contributed by atoms with Crippen molar-refractivity contribution >= 4 is 5.97 Å². The lowest BCUT2D eigenvalue weighted by molar-refractivity contribution is -0.184. The Morgan fingerprint density at radius 1 is 1.32 bits per heavy atom. The van der Waals surface area contributed by atoms with Crippen molar-refractivity contribution in [3.05, 3.63) is 35.4 Å². The van der Waals surface area contributed by atoms with Crippen molar-refractivity contribution in [1.29, 1.82) is 0 Å². The van der Waals surface area contributed by atoms with E-state index in [4.69, 9.17) is 0 Å². The number of nitrogens with one attached hydrogen (secondary N) is 1. The zero-order valence-electron chi connectivity index (χ0n) is 10.4. The molecule has 1 N–H and O–H groups in total. The standard InChI is InChI=1S/C13H14F3NO2/c1-19-11(18)9-2-4-10(5-3-9)12(13(14,15)16)6-7-17-8-12/h2-5,17H,6-8H2,1H3. The smallest absolute Gasteiger partial charge is 0.399 e. The molecule has 1 saturated heterocycles. The third kappa shape index (κ3) is 2.32. The van der Waals surface area contributed by atoms with Crippen LogP contribution in [0.5, 0.6) is 0 Å². The van der Waals surface area contributed by atoms with Crippen LogP contribution in [-0.2, 0) is 10.2 Å². The van der Waals surface area contributed by atoms with E-state index >= 15 is 0 Å². The highest BCUT2D eigenvalue weighted by Crippen LogP contribution is 2.45. The molecule has 3 nitrogen and oxygen atoms in total. The second kappa shape index (κ2) is 4.85. The Balaban J connectivity index is 2.37. The summed E-state index contributed by atoms with van der Waals surface area (Å²) in [6.45, 7) is 0.201. The number of hydrogen-bond acceptors (Lipinski definition) is 3. The van der Waals surface area contributed by atoms with Crippen molar-refractivity contribution in [1.82, 2.24) is 5.32 Å². The molecule has 0 radical (unpaired) electrons. The van der Waals surface area contributed by atoms with Gasteiger partial charge in [0.1, 0.15) is 5.41 Å². The van der Waals surface area contributed by atoms with E-state index < -0.39 is 17.6 Å². The maximum Gasteiger partial charge on any atom is 0.399 e. The third-order valence-electron chi connectivity index (χ3n) is 3.56. The number of ether oxygens (including phenoxy) is 1. The fourth-order valence-corrected chi connectivity index (χ4v) is 2.39. The van der Waals surface area contributed by atoms with Gasteiger partial charge in [-0.2, -0.15) is 13.2 Å². The number of hydrogen-bond donors (Lipinski definition) is 1. The summed E-state index contributed by atoms with van der Waals surface area (Å²) in [5, 5.41) is 2.76. The summed E-state index contributed by atoms with van der Waals surface area (Å²) in [4.78, 5) is 11.3. The topological polar surface area (TPSA) is 38.3 Å². The zero-order chi connectivity index (χ0) is 14.1. The van der Waals surface area contributed by atoms with E-state index in [0.717, 1.165) is 0 Å². The lowest BCUT2D eigenvalue weighted by Gasteiger charge is -2.31. The SMILES string of the molecule is COC(=O)c1ccc(C2(C(F)(F)F)CCNC2)cc1. The average molecular weight is 273 g/mol. The summed E-state index contributed by atoms with van der Waals surface area (Å²) >= 11 is 0. The van der Waals surface area contributed by atoms with Gasteiger partial charge in [-0.15, -0.1) is 0 Å². The Bertz CT molecular complexity index is 462. The Morgan fingerprint density at radius 2 is 1.95 bits per heavy atom. The Kier molecular flexibility index (Phi) is 3.54. The molecule has 1 heterocycles. The fourth-order valence-electron chi connectivity index (χ4n) is 2.39. The van der Waals surface area contributed by atoms with Crippen LogP contribution >= 0.6 is 0 Å². The highest BCUT2D eigenvalue weighted by Gasteiger charge is 2.57. The van der Waals surface area contributed by atoms with Crippen molar-refractivity contribution in [3.63, 3.8) is 0 Å². The highest BCUT2D eigenvalue weighted by molar-refractivity contribution is 5.89. The van der Waals surface area contributed by atoms with Gasteiger partial charge < -0.3 is 10.1 Å². The molecular formula is C13H14F3NO2. The minimum Gasteiger partial charge on any atom is -0.465 e. The number of methoxy groups -OCH3 is 1. The normalized spacial score (nSPS) is 23.4. The van der Waals surface area contributed by atoms with Gasteiger partial charge in [-0.3, -0.25) is 0 Å². The molecule has 0 spiro atoms. The fraction of sp³-hybridized carbons (Fsp3) is 0.462. The second-order valence-electron chi connectivity index (χ2n) is 4.58. The quantitative estimate of drug-likeness (QED) is 0.840. The van der Waals surface area contributed by atoms with Gasteiger partial charge in [-0.05, 0) is 30.7 Å². The maximum atomic E-state index is 13.3. The van der Waals surface area contributed by atoms with E-state index in [1.54, 1.807) is 0 Å². The largest absolute Gasteiger partial charge is 0.465 e. The molecule has 1 fully saturated rings. The first-order valence-corrected chi connectivity index (χ1v) is 5.87. The first kappa shape index (κ1) is 13.9. The summed E-state index contributed by atoms with van der Waals surface area (Å²) in [5.74, 6) is -0.558. The lowest BCUT2D eigenvalue weighted by Crippen LogP contribution is -2.44. The third-order valence-corrected chi connectivity index (χ3v) is 3.56. The monoisotopic (exact) mass is 273 g/mol. The number of carbonyl (C=O) groups is 1. The van der Waals surface area contributed by atoms with Crippen LogP contribution in [0, 0.1) is 0 Å². The van der Waals surface area contributed by atoms with E-state index in [0.29, 0.717) is 6.54 Å². The highest BCUT2D eigenvalue weighted by atomic mass is 19.4. The molecule has 104 valence electrons. The Morgan fingerprint density at radius 3 is 2.37 bits per heavy atom. The zero-order valence-corrected chi connectivity index (χ0v) is 10.4. The molecule has 19 heavy (non-hydrogen) atoms. The van der Waals surface area contributed by atoms with Gasteiger partial charge in [0.15, 0.2) is 0 Å². The molecule has 0 amide bonds. The van der Waals surface area contributed by atoms with Gasteiger partial charge in [0.25, 0.3) is 0 Å². The van der Waals surface area contributed by atoms with Crippen molar-refractivity contribution in [2.75, 3.05) is 20.2 Å². The van der Waals surface area contributed by atoms with Crippen LogP contribution < -0.4 is 5.32 Å². The molecule has 1 aliphatic rings. The van der Waals surface area contributed by atoms with E-state index in [9.17, 15) is 18.0 Å². The van der Waals surface area contributed by atoms with Crippen LogP contribution in [0.1, 0.15) is 22.3 Å². The Labute approximate surface area is 108 Å². The first-order valence-electron chi connectivity index (χ1n) is 5.87. The number of esters is 1. The van der Waals surface area contributed by atoms with Crippen molar-refractivity contribution < 1.29 is 22.7 Å². The molecule has 0 saturated carbocycles. The minimum atomic E-state index is -4.32. The van der Waals surface area contributed by atoms with Crippen molar-refractivity contribution in [3.8, 4) is 0 Å². The van der Waals surface area contributed by atoms with Gasteiger partial charge in [-0.25, -0.2) is 4.79 Å². The summed E-state index contributed by atoms with van der Waals surface area (Å²) in [6, 6.07) is 5.44. The molecule has 1 atom stereocenters. The first-order chi connectivity index (χ1) is 8.90. The summed E-state index contributed by atoms with van der Waals surface area (Å²) in [6.07, 6.45) is -4.31. The molecule has 0 aliphatic carbocycles. The van der Waals surface area contributed by atoms with E-state index in [1.165, 1.54) is 31.4 Å². The maximum absolute atomic E-state index is 13.3. The van der Waals surface area contributed by atoms with Crippen LogP contribution in [0.4, 0.5) is 13.2 Å². The Hall–Kier alpha value is -1.56.